The molecule has 1 fully saturated rings. The van der Waals surface area contributed by atoms with Gasteiger partial charge in [0.05, 0.1) is 17.9 Å². The Hall–Kier alpha value is -3.23. The highest BCUT2D eigenvalue weighted by molar-refractivity contribution is 6.00. The Kier molecular flexibility index (Phi) is 5.52. The van der Waals surface area contributed by atoms with E-state index in [2.05, 4.69) is 15.5 Å². The van der Waals surface area contributed by atoms with Crippen molar-refractivity contribution < 1.29 is 9.84 Å². The second kappa shape index (κ2) is 8.25. The lowest BCUT2D eigenvalue weighted by Crippen LogP contribution is -2.51. The molecule has 0 bridgehead atoms. The molecule has 2 aliphatic rings. The fourth-order valence-electron chi connectivity index (χ4n) is 3.71. The summed E-state index contributed by atoms with van der Waals surface area (Å²) >= 11 is 0. The molecular weight excluding hydrogens is 380 g/mol. The van der Waals surface area contributed by atoms with E-state index in [0.29, 0.717) is 31.2 Å². The van der Waals surface area contributed by atoms with Gasteiger partial charge in [0.25, 0.3) is 0 Å². The molecule has 0 radical (unpaired) electrons. The van der Waals surface area contributed by atoms with Gasteiger partial charge in [0, 0.05) is 38.5 Å². The zero-order valence-electron chi connectivity index (χ0n) is 16.5. The summed E-state index contributed by atoms with van der Waals surface area (Å²) in [7, 11) is 0. The molecule has 1 saturated heterocycles. The maximum Gasteiger partial charge on any atom is 0.176 e. The van der Waals surface area contributed by atoms with Crippen LogP contribution in [0.5, 0.6) is 0 Å². The lowest BCUT2D eigenvalue weighted by molar-refractivity contribution is 0.0776. The maximum atomic E-state index is 10.3. The van der Waals surface area contributed by atoms with E-state index in [0.717, 1.165) is 42.2 Å². The molecule has 8 nitrogen and oxygen atoms in total. The molecule has 30 heavy (non-hydrogen) atoms. The van der Waals surface area contributed by atoms with Crippen LogP contribution in [0.25, 0.3) is 0 Å². The first-order valence-electron chi connectivity index (χ1n) is 9.85. The monoisotopic (exact) mass is 404 g/mol. The van der Waals surface area contributed by atoms with Gasteiger partial charge in [0.15, 0.2) is 11.4 Å². The normalized spacial score (nSPS) is 19.4. The molecule has 2 aromatic rings. The van der Waals surface area contributed by atoms with Crippen molar-refractivity contribution in [3.05, 3.63) is 59.7 Å². The minimum absolute atomic E-state index is 0.299. The number of fused-ring (bicyclic) bond motifs is 1. The number of anilines is 1. The molecule has 2 aromatic carbocycles. The quantitative estimate of drug-likeness (QED) is 0.447. The number of nitrogens with one attached hydrogen (secondary N) is 3. The van der Waals surface area contributed by atoms with Crippen molar-refractivity contribution in [3.63, 3.8) is 0 Å². The highest BCUT2D eigenvalue weighted by atomic mass is 16.5. The van der Waals surface area contributed by atoms with E-state index < -0.39 is 11.1 Å². The molecular formula is C22H24N6O2. The molecule has 4 N–H and O–H groups in total. The molecule has 2 heterocycles. The van der Waals surface area contributed by atoms with Gasteiger partial charge in [-0.1, -0.05) is 36.4 Å². The van der Waals surface area contributed by atoms with Crippen LogP contribution in [0.15, 0.2) is 63.8 Å². The van der Waals surface area contributed by atoms with Gasteiger partial charge in [-0.05, 0) is 23.3 Å². The molecule has 154 valence electrons. The molecule has 0 atom stereocenters. The van der Waals surface area contributed by atoms with Gasteiger partial charge in [-0.3, -0.25) is 0 Å². The number of aliphatic hydroxyl groups is 1. The summed E-state index contributed by atoms with van der Waals surface area (Å²) in [5.41, 5.74) is 1.01. The second-order valence-electron chi connectivity index (χ2n) is 7.49. The topological polar surface area (TPSA) is 126 Å². The van der Waals surface area contributed by atoms with Crippen LogP contribution in [0.3, 0.4) is 0 Å². The van der Waals surface area contributed by atoms with E-state index in [1.807, 2.05) is 30.3 Å². The summed E-state index contributed by atoms with van der Waals surface area (Å²) < 4.78 is 5.55. The zero-order valence-corrected chi connectivity index (χ0v) is 16.5. The maximum absolute atomic E-state index is 10.3. The number of hydrogen-bond acceptors (Lipinski definition) is 8. The Balaban J connectivity index is 1.59. The SMILES string of the molecule is N=CC(O)(C=N)c1cccc(CN=NC2=Nc3ccccc3NC23CCOCC3)c1. The number of hydrogen-bond donors (Lipinski definition) is 4. The molecule has 0 amide bonds. The minimum atomic E-state index is -1.71. The summed E-state index contributed by atoms with van der Waals surface area (Å²) in [6.45, 7) is 1.57. The smallest absolute Gasteiger partial charge is 0.176 e. The van der Waals surface area contributed by atoms with Crippen LogP contribution < -0.4 is 5.32 Å². The van der Waals surface area contributed by atoms with Gasteiger partial charge < -0.3 is 26.0 Å². The van der Waals surface area contributed by atoms with Crippen LogP contribution in [-0.4, -0.2) is 42.1 Å². The van der Waals surface area contributed by atoms with Crippen LogP contribution in [0.2, 0.25) is 0 Å². The number of azo groups is 1. The van der Waals surface area contributed by atoms with E-state index in [1.165, 1.54) is 0 Å². The second-order valence-corrected chi connectivity index (χ2v) is 7.49. The zero-order chi connectivity index (χ0) is 21.0. The van der Waals surface area contributed by atoms with Gasteiger partial charge in [-0.15, -0.1) is 5.11 Å². The first kappa shape index (κ1) is 20.1. The lowest BCUT2D eigenvalue weighted by atomic mass is 9.87. The van der Waals surface area contributed by atoms with E-state index in [1.54, 1.807) is 18.2 Å². The van der Waals surface area contributed by atoms with Crippen molar-refractivity contribution in [2.24, 2.45) is 15.2 Å². The van der Waals surface area contributed by atoms with Crippen molar-refractivity contribution in [2.45, 2.75) is 30.5 Å². The molecule has 8 heteroatoms. The average Bonchev–Trinajstić information content (AvgIpc) is 2.79. The van der Waals surface area contributed by atoms with Crippen LogP contribution >= 0.6 is 0 Å². The van der Waals surface area contributed by atoms with E-state index >= 15 is 0 Å². The number of benzene rings is 2. The lowest BCUT2D eigenvalue weighted by Gasteiger charge is -2.40. The summed E-state index contributed by atoms with van der Waals surface area (Å²) in [5.74, 6) is 0.649. The van der Waals surface area contributed by atoms with Crippen molar-refractivity contribution >= 4 is 29.6 Å². The standard InChI is InChI=1S/C22H24N6O2/c23-14-22(29,15-24)17-5-3-4-16(12-17)13-25-28-20-21(8-10-30-11-9-21)27-19-7-2-1-6-18(19)26-20/h1-7,12,14-15,23-24,27,29H,8-11,13H2. The Labute approximate surface area is 174 Å². The van der Waals surface area contributed by atoms with Crippen molar-refractivity contribution in [2.75, 3.05) is 18.5 Å². The number of para-hydroxylation sites is 2. The Morgan fingerprint density at radius 1 is 1.13 bits per heavy atom. The number of nitrogens with zero attached hydrogens (tertiary/aromatic N) is 3. The van der Waals surface area contributed by atoms with E-state index in [9.17, 15) is 5.11 Å². The Morgan fingerprint density at radius 3 is 2.67 bits per heavy atom. The Bertz CT molecular complexity index is 1000. The highest BCUT2D eigenvalue weighted by Gasteiger charge is 2.41. The molecule has 0 saturated carbocycles. The first-order chi connectivity index (χ1) is 14.6. The van der Waals surface area contributed by atoms with Crippen LogP contribution in [0.1, 0.15) is 24.0 Å². The minimum Gasteiger partial charge on any atom is -0.381 e. The number of amidine groups is 1. The largest absolute Gasteiger partial charge is 0.381 e. The molecule has 2 aliphatic heterocycles. The predicted octanol–water partition coefficient (Wildman–Crippen LogP) is 3.83. The number of aliphatic imine (C=N–C) groups is 1. The van der Waals surface area contributed by atoms with E-state index in [-0.39, 0.29) is 0 Å². The molecule has 0 aromatic heterocycles. The highest BCUT2D eigenvalue weighted by Crippen LogP contribution is 2.38. The summed E-state index contributed by atoms with van der Waals surface area (Å²) in [5, 5.41) is 37.6. The molecule has 4 rings (SSSR count). The van der Waals surface area contributed by atoms with Crippen molar-refractivity contribution in [1.82, 2.24) is 0 Å². The first-order valence-corrected chi connectivity index (χ1v) is 9.85. The summed E-state index contributed by atoms with van der Waals surface area (Å²) in [6, 6.07) is 14.9. The third-order valence-corrected chi connectivity index (χ3v) is 5.53. The van der Waals surface area contributed by atoms with Gasteiger partial charge in [-0.2, -0.15) is 5.11 Å². The summed E-state index contributed by atoms with van der Waals surface area (Å²) in [6.07, 6.45) is 3.21. The third kappa shape index (κ3) is 3.79. The molecule has 0 unspecified atom stereocenters. The van der Waals surface area contributed by atoms with Gasteiger partial charge in [0.2, 0.25) is 0 Å². The molecule has 0 aliphatic carbocycles. The van der Waals surface area contributed by atoms with Crippen molar-refractivity contribution in [3.8, 4) is 0 Å². The van der Waals surface area contributed by atoms with Crippen molar-refractivity contribution in [1.29, 1.82) is 10.8 Å². The average molecular weight is 404 g/mol. The van der Waals surface area contributed by atoms with Crippen LogP contribution in [0, 0.1) is 10.8 Å². The molecule has 1 spiro atoms. The fourth-order valence-corrected chi connectivity index (χ4v) is 3.71. The van der Waals surface area contributed by atoms with Gasteiger partial charge >= 0.3 is 0 Å². The third-order valence-electron chi connectivity index (χ3n) is 5.53. The predicted molar refractivity (Wildman–Crippen MR) is 116 cm³/mol. The number of rotatable bonds is 5. The van der Waals surface area contributed by atoms with Gasteiger partial charge in [0.1, 0.15) is 5.54 Å². The van der Waals surface area contributed by atoms with E-state index in [4.69, 9.17) is 20.5 Å². The Morgan fingerprint density at radius 2 is 1.90 bits per heavy atom. The van der Waals surface area contributed by atoms with Gasteiger partial charge in [-0.25, -0.2) is 4.99 Å². The summed E-state index contributed by atoms with van der Waals surface area (Å²) in [4.78, 5) is 4.78. The number of ether oxygens (including phenoxy) is 1. The van der Waals surface area contributed by atoms with Crippen LogP contribution in [0.4, 0.5) is 11.4 Å². The fraction of sp³-hybridized carbons (Fsp3) is 0.318. The van der Waals surface area contributed by atoms with Crippen LogP contribution in [-0.2, 0) is 16.9 Å².